The van der Waals surface area contributed by atoms with Gasteiger partial charge in [0.25, 0.3) is 0 Å². The molecule has 138 valence electrons. The van der Waals surface area contributed by atoms with Crippen LogP contribution < -0.4 is 10.2 Å². The summed E-state index contributed by atoms with van der Waals surface area (Å²) < 4.78 is 3.69. The SMILES string of the molecule is Cc1sc(=O)n(CCC(=O)Nc2nc3ccccc3n2C(C)(C)C)c1C. The molecule has 0 fully saturated rings. The number of benzene rings is 1. The minimum absolute atomic E-state index is 0.0188. The molecule has 2 aromatic heterocycles. The summed E-state index contributed by atoms with van der Waals surface area (Å²) in [5.74, 6) is 0.384. The Morgan fingerprint density at radius 1 is 1.23 bits per heavy atom. The molecule has 0 atom stereocenters. The van der Waals surface area contributed by atoms with Crippen LogP contribution in [-0.2, 0) is 16.9 Å². The molecule has 0 aliphatic rings. The lowest BCUT2D eigenvalue weighted by molar-refractivity contribution is -0.116. The number of para-hydroxylation sites is 2. The van der Waals surface area contributed by atoms with Gasteiger partial charge in [-0.15, -0.1) is 0 Å². The number of amides is 1. The zero-order valence-corrected chi connectivity index (χ0v) is 16.6. The third kappa shape index (κ3) is 3.44. The van der Waals surface area contributed by atoms with Crippen molar-refractivity contribution in [3.05, 3.63) is 44.5 Å². The summed E-state index contributed by atoms with van der Waals surface area (Å²) in [5.41, 5.74) is 2.53. The quantitative estimate of drug-likeness (QED) is 0.760. The molecular weight excluding hydrogens is 348 g/mol. The number of carbonyl (C=O) groups excluding carboxylic acids is 1. The number of thiazole rings is 1. The standard InChI is InChI=1S/C19H24N4O2S/c1-12-13(2)26-18(25)22(12)11-10-16(24)21-17-20-14-8-6-7-9-15(14)23(17)19(3,4)5/h6-9H,10-11H2,1-5H3,(H,20,21,24). The first-order valence-corrected chi connectivity index (χ1v) is 9.45. The van der Waals surface area contributed by atoms with Gasteiger partial charge in [0.2, 0.25) is 11.9 Å². The Labute approximate surface area is 156 Å². The molecule has 0 radical (unpaired) electrons. The monoisotopic (exact) mass is 372 g/mol. The van der Waals surface area contributed by atoms with E-state index in [4.69, 9.17) is 0 Å². The van der Waals surface area contributed by atoms with Gasteiger partial charge >= 0.3 is 4.87 Å². The van der Waals surface area contributed by atoms with E-state index in [0.717, 1.165) is 21.6 Å². The van der Waals surface area contributed by atoms with Gasteiger partial charge in [-0.25, -0.2) is 4.98 Å². The Morgan fingerprint density at radius 3 is 2.54 bits per heavy atom. The van der Waals surface area contributed by atoms with Crippen molar-refractivity contribution in [2.45, 2.75) is 53.1 Å². The molecule has 0 aliphatic heterocycles. The highest BCUT2D eigenvalue weighted by molar-refractivity contribution is 7.09. The van der Waals surface area contributed by atoms with Crippen molar-refractivity contribution in [3.63, 3.8) is 0 Å². The molecule has 26 heavy (non-hydrogen) atoms. The maximum absolute atomic E-state index is 12.5. The molecule has 3 aromatic rings. The molecule has 0 spiro atoms. The van der Waals surface area contributed by atoms with Gasteiger partial charge < -0.3 is 9.13 Å². The first-order chi connectivity index (χ1) is 12.2. The molecule has 0 bridgehead atoms. The highest BCUT2D eigenvalue weighted by Gasteiger charge is 2.22. The molecule has 0 saturated heterocycles. The van der Waals surface area contributed by atoms with E-state index in [1.54, 1.807) is 4.57 Å². The van der Waals surface area contributed by atoms with Crippen LogP contribution >= 0.6 is 11.3 Å². The fourth-order valence-electron chi connectivity index (χ4n) is 3.04. The number of nitrogens with one attached hydrogen (secondary N) is 1. The fourth-order valence-corrected chi connectivity index (χ4v) is 3.89. The van der Waals surface area contributed by atoms with Crippen molar-refractivity contribution in [1.29, 1.82) is 0 Å². The smallest absolute Gasteiger partial charge is 0.305 e. The predicted molar refractivity (Wildman–Crippen MR) is 106 cm³/mol. The molecule has 1 aromatic carbocycles. The number of imidazole rings is 1. The number of hydrogen-bond acceptors (Lipinski definition) is 4. The largest absolute Gasteiger partial charge is 0.307 e. The number of anilines is 1. The highest BCUT2D eigenvalue weighted by atomic mass is 32.1. The molecule has 2 heterocycles. The van der Waals surface area contributed by atoms with Gasteiger partial charge in [-0.05, 0) is 46.8 Å². The van der Waals surface area contributed by atoms with Crippen LogP contribution in [0.25, 0.3) is 11.0 Å². The summed E-state index contributed by atoms with van der Waals surface area (Å²) in [6.45, 7) is 10.4. The number of hydrogen-bond donors (Lipinski definition) is 1. The summed E-state index contributed by atoms with van der Waals surface area (Å²) in [4.78, 5) is 30.0. The van der Waals surface area contributed by atoms with E-state index in [0.29, 0.717) is 12.5 Å². The Morgan fingerprint density at radius 2 is 1.92 bits per heavy atom. The van der Waals surface area contributed by atoms with Gasteiger partial charge in [0.05, 0.1) is 11.0 Å². The molecule has 0 saturated carbocycles. The van der Waals surface area contributed by atoms with Crippen molar-refractivity contribution in [2.24, 2.45) is 0 Å². The van der Waals surface area contributed by atoms with Crippen molar-refractivity contribution < 1.29 is 4.79 Å². The van der Waals surface area contributed by atoms with Crippen molar-refractivity contribution in [2.75, 3.05) is 5.32 Å². The number of nitrogens with zero attached hydrogens (tertiary/aromatic N) is 3. The maximum Gasteiger partial charge on any atom is 0.307 e. The van der Waals surface area contributed by atoms with Gasteiger partial charge in [-0.3, -0.25) is 14.9 Å². The minimum atomic E-state index is -0.225. The second-order valence-corrected chi connectivity index (χ2v) is 8.56. The molecule has 1 N–H and O–H groups in total. The molecule has 0 unspecified atom stereocenters. The highest BCUT2D eigenvalue weighted by Crippen LogP contribution is 2.28. The Hall–Kier alpha value is -2.41. The number of rotatable bonds is 4. The van der Waals surface area contributed by atoms with Gasteiger partial charge in [0.1, 0.15) is 0 Å². The average Bonchev–Trinajstić information content (AvgIpc) is 3.02. The van der Waals surface area contributed by atoms with E-state index in [9.17, 15) is 9.59 Å². The number of aryl methyl sites for hydroxylation is 1. The van der Waals surface area contributed by atoms with Crippen LogP contribution in [0.4, 0.5) is 5.95 Å². The van der Waals surface area contributed by atoms with E-state index in [-0.39, 0.29) is 22.7 Å². The molecule has 6 nitrogen and oxygen atoms in total. The van der Waals surface area contributed by atoms with Gasteiger partial charge in [0.15, 0.2) is 0 Å². The van der Waals surface area contributed by atoms with Crippen LogP contribution in [0, 0.1) is 13.8 Å². The van der Waals surface area contributed by atoms with E-state index in [1.807, 2.05) is 42.7 Å². The van der Waals surface area contributed by atoms with E-state index in [1.165, 1.54) is 11.3 Å². The predicted octanol–water partition coefficient (Wildman–Crippen LogP) is 3.66. The fraction of sp³-hybridized carbons (Fsp3) is 0.421. The summed E-state index contributed by atoms with van der Waals surface area (Å²) in [5, 5.41) is 2.92. The van der Waals surface area contributed by atoms with Gasteiger partial charge in [-0.2, -0.15) is 0 Å². The second kappa shape index (κ2) is 6.72. The Balaban J connectivity index is 1.82. The van der Waals surface area contributed by atoms with Crippen LogP contribution in [0.2, 0.25) is 0 Å². The van der Waals surface area contributed by atoms with Crippen LogP contribution in [0.1, 0.15) is 37.8 Å². The first-order valence-electron chi connectivity index (χ1n) is 8.63. The second-order valence-electron chi connectivity index (χ2n) is 7.39. The maximum atomic E-state index is 12.5. The Kier molecular flexibility index (Phi) is 4.75. The van der Waals surface area contributed by atoms with Crippen LogP contribution in [0.15, 0.2) is 29.1 Å². The zero-order chi connectivity index (χ0) is 19.1. The van der Waals surface area contributed by atoms with Crippen LogP contribution in [0.3, 0.4) is 0 Å². The minimum Gasteiger partial charge on any atom is -0.305 e. The lowest BCUT2D eigenvalue weighted by Crippen LogP contribution is -2.26. The normalized spacial score (nSPS) is 11.9. The number of carbonyl (C=O) groups is 1. The average molecular weight is 372 g/mol. The van der Waals surface area contributed by atoms with E-state index in [2.05, 4.69) is 31.1 Å². The summed E-state index contributed by atoms with van der Waals surface area (Å²) >= 11 is 1.22. The molecule has 3 rings (SSSR count). The molecular formula is C19H24N4O2S. The lowest BCUT2D eigenvalue weighted by atomic mass is 10.1. The van der Waals surface area contributed by atoms with Crippen LogP contribution in [-0.4, -0.2) is 20.0 Å². The van der Waals surface area contributed by atoms with Crippen molar-refractivity contribution in [3.8, 4) is 0 Å². The third-order valence-electron chi connectivity index (χ3n) is 4.42. The molecule has 0 aliphatic carbocycles. The van der Waals surface area contributed by atoms with Crippen LogP contribution in [0.5, 0.6) is 0 Å². The summed E-state index contributed by atoms with van der Waals surface area (Å²) in [6, 6.07) is 7.83. The van der Waals surface area contributed by atoms with Gasteiger partial charge in [-0.1, -0.05) is 23.5 Å². The Bertz CT molecular complexity index is 1020. The molecule has 7 heteroatoms. The zero-order valence-electron chi connectivity index (χ0n) is 15.8. The van der Waals surface area contributed by atoms with Crippen molar-refractivity contribution >= 4 is 34.2 Å². The topological polar surface area (TPSA) is 68.9 Å². The van der Waals surface area contributed by atoms with Crippen molar-refractivity contribution in [1.82, 2.24) is 14.1 Å². The number of aromatic nitrogens is 3. The summed E-state index contributed by atoms with van der Waals surface area (Å²) in [7, 11) is 0. The van der Waals surface area contributed by atoms with Gasteiger partial charge in [0, 0.05) is 29.1 Å². The molecule has 1 amide bonds. The number of fused-ring (bicyclic) bond motifs is 1. The first kappa shape index (κ1) is 18.4. The summed E-state index contributed by atoms with van der Waals surface area (Å²) in [6.07, 6.45) is 0.226. The third-order valence-corrected chi connectivity index (χ3v) is 5.42. The van der Waals surface area contributed by atoms with E-state index >= 15 is 0 Å². The van der Waals surface area contributed by atoms with E-state index < -0.39 is 0 Å². The lowest BCUT2D eigenvalue weighted by Gasteiger charge is -2.24.